The summed E-state index contributed by atoms with van der Waals surface area (Å²) in [6.07, 6.45) is 0.732. The fourth-order valence-corrected chi connectivity index (χ4v) is 3.37. The molecule has 0 aliphatic carbocycles. The summed E-state index contributed by atoms with van der Waals surface area (Å²) in [5.74, 6) is -1.38. The Kier molecular flexibility index (Phi) is 6.02. The molecule has 0 unspecified atom stereocenters. The Morgan fingerprint density at radius 2 is 1.92 bits per heavy atom. The summed E-state index contributed by atoms with van der Waals surface area (Å²) >= 11 is 5.65. The number of benzene rings is 2. The highest BCUT2D eigenvalue weighted by molar-refractivity contribution is 7.92. The molecule has 5 nitrogen and oxygen atoms in total. The second kappa shape index (κ2) is 7.84. The van der Waals surface area contributed by atoms with Crippen LogP contribution in [0.1, 0.15) is 30.6 Å². The van der Waals surface area contributed by atoms with Crippen LogP contribution in [0.4, 0.5) is 10.1 Å². The van der Waals surface area contributed by atoms with Crippen molar-refractivity contribution in [3.05, 3.63) is 58.9 Å². The molecule has 1 atom stereocenters. The van der Waals surface area contributed by atoms with Gasteiger partial charge in [0.15, 0.2) is 0 Å². The summed E-state index contributed by atoms with van der Waals surface area (Å²) in [7, 11) is -4.21. The van der Waals surface area contributed by atoms with E-state index in [0.717, 1.165) is 18.6 Å². The van der Waals surface area contributed by atoms with Gasteiger partial charge in [0.05, 0.1) is 11.3 Å². The predicted molar refractivity (Wildman–Crippen MR) is 95.9 cm³/mol. The molecule has 134 valence electrons. The summed E-state index contributed by atoms with van der Waals surface area (Å²) in [4.78, 5) is 11.8. The average molecular weight is 385 g/mol. The molecule has 1 amide bonds. The lowest BCUT2D eigenvalue weighted by Crippen LogP contribution is -2.32. The highest BCUT2D eigenvalue weighted by Crippen LogP contribution is 2.23. The molecule has 0 bridgehead atoms. The monoisotopic (exact) mass is 384 g/mol. The number of hydrogen-bond donors (Lipinski definition) is 2. The summed E-state index contributed by atoms with van der Waals surface area (Å²) in [5.41, 5.74) is 0.221. The van der Waals surface area contributed by atoms with Gasteiger partial charge in [0, 0.05) is 11.1 Å². The molecule has 25 heavy (non-hydrogen) atoms. The van der Waals surface area contributed by atoms with Gasteiger partial charge in [-0.15, -0.1) is 0 Å². The van der Waals surface area contributed by atoms with E-state index in [4.69, 9.17) is 11.6 Å². The highest BCUT2D eigenvalue weighted by atomic mass is 35.5. The molecule has 0 radical (unpaired) electrons. The van der Waals surface area contributed by atoms with Gasteiger partial charge < -0.3 is 5.32 Å². The van der Waals surface area contributed by atoms with Crippen molar-refractivity contribution in [2.75, 3.05) is 4.72 Å². The second-order valence-corrected chi connectivity index (χ2v) is 7.60. The van der Waals surface area contributed by atoms with E-state index in [-0.39, 0.29) is 22.3 Å². The van der Waals surface area contributed by atoms with Crippen LogP contribution in [-0.2, 0) is 10.0 Å². The van der Waals surface area contributed by atoms with Gasteiger partial charge in [-0.25, -0.2) is 12.8 Å². The zero-order valence-electron chi connectivity index (χ0n) is 13.7. The minimum absolute atomic E-state index is 0.0640. The van der Waals surface area contributed by atoms with E-state index in [0.29, 0.717) is 0 Å². The van der Waals surface area contributed by atoms with Crippen LogP contribution >= 0.6 is 11.6 Å². The standard InChI is InChI=1S/C17H18ClFN2O3S/c1-3-11(2)20-17(22)13-6-4-5-7-15(13)21-25(23,24)16-9-8-12(18)10-14(16)19/h4-11,21H,3H2,1-2H3,(H,20,22)/t11-/m0/s1. The van der Waals surface area contributed by atoms with Gasteiger partial charge in [0.2, 0.25) is 0 Å². The van der Waals surface area contributed by atoms with Crippen molar-refractivity contribution in [2.45, 2.75) is 31.2 Å². The third kappa shape index (κ3) is 4.70. The van der Waals surface area contributed by atoms with E-state index < -0.39 is 26.6 Å². The van der Waals surface area contributed by atoms with E-state index in [2.05, 4.69) is 10.0 Å². The number of hydrogen-bond acceptors (Lipinski definition) is 3. The van der Waals surface area contributed by atoms with Crippen molar-refractivity contribution in [3.8, 4) is 0 Å². The molecule has 0 saturated carbocycles. The SMILES string of the molecule is CC[C@H](C)NC(=O)c1ccccc1NS(=O)(=O)c1ccc(Cl)cc1F. The number of nitrogens with one attached hydrogen (secondary N) is 2. The largest absolute Gasteiger partial charge is 0.350 e. The Balaban J connectivity index is 2.35. The summed E-state index contributed by atoms with van der Waals surface area (Å²) < 4.78 is 41.1. The number of halogens is 2. The molecule has 2 rings (SSSR count). The first-order valence-electron chi connectivity index (χ1n) is 7.62. The Morgan fingerprint density at radius 3 is 2.56 bits per heavy atom. The number of anilines is 1. The van der Waals surface area contributed by atoms with Gasteiger partial charge in [-0.3, -0.25) is 9.52 Å². The maximum atomic E-state index is 13.9. The van der Waals surface area contributed by atoms with Crippen molar-refractivity contribution in [3.63, 3.8) is 0 Å². The van der Waals surface area contributed by atoms with Gasteiger partial charge >= 0.3 is 0 Å². The van der Waals surface area contributed by atoms with E-state index in [1.54, 1.807) is 12.1 Å². The predicted octanol–water partition coefficient (Wildman–Crippen LogP) is 3.81. The zero-order valence-corrected chi connectivity index (χ0v) is 15.3. The van der Waals surface area contributed by atoms with Crippen LogP contribution in [0, 0.1) is 5.82 Å². The smallest absolute Gasteiger partial charge is 0.264 e. The van der Waals surface area contributed by atoms with Crippen LogP contribution < -0.4 is 10.0 Å². The van der Waals surface area contributed by atoms with E-state index in [1.807, 2.05) is 13.8 Å². The Morgan fingerprint density at radius 1 is 1.24 bits per heavy atom. The normalized spacial score (nSPS) is 12.5. The van der Waals surface area contributed by atoms with Crippen LogP contribution in [0.25, 0.3) is 0 Å². The zero-order chi connectivity index (χ0) is 18.6. The molecule has 2 N–H and O–H groups in total. The Labute approximate surface area is 151 Å². The molecule has 0 fully saturated rings. The number of carbonyl (C=O) groups is 1. The molecule has 2 aromatic carbocycles. The molecule has 0 aliphatic rings. The van der Waals surface area contributed by atoms with E-state index >= 15 is 0 Å². The summed E-state index contributed by atoms with van der Waals surface area (Å²) in [6.45, 7) is 3.76. The van der Waals surface area contributed by atoms with E-state index in [1.165, 1.54) is 18.2 Å². The minimum Gasteiger partial charge on any atom is -0.350 e. The van der Waals surface area contributed by atoms with Crippen LogP contribution in [0.15, 0.2) is 47.4 Å². The molecule has 0 heterocycles. The number of carbonyl (C=O) groups excluding carboxylic acids is 1. The molecule has 0 aliphatic heterocycles. The maximum absolute atomic E-state index is 13.9. The van der Waals surface area contributed by atoms with Crippen LogP contribution in [0.5, 0.6) is 0 Å². The quantitative estimate of drug-likeness (QED) is 0.795. The fraction of sp³-hybridized carbons (Fsp3) is 0.235. The Bertz CT molecular complexity index is 887. The van der Waals surface area contributed by atoms with Gasteiger partial charge in [-0.2, -0.15) is 0 Å². The van der Waals surface area contributed by atoms with Crippen LogP contribution in [-0.4, -0.2) is 20.4 Å². The third-order valence-corrected chi connectivity index (χ3v) is 5.22. The molecule has 8 heteroatoms. The maximum Gasteiger partial charge on any atom is 0.264 e. The van der Waals surface area contributed by atoms with Gasteiger partial charge in [0.1, 0.15) is 10.7 Å². The lowest BCUT2D eigenvalue weighted by molar-refractivity contribution is 0.0940. The average Bonchev–Trinajstić information content (AvgIpc) is 2.54. The molecule has 2 aromatic rings. The number of amides is 1. The van der Waals surface area contributed by atoms with Crippen molar-refractivity contribution in [2.24, 2.45) is 0 Å². The van der Waals surface area contributed by atoms with Crippen molar-refractivity contribution >= 4 is 33.2 Å². The van der Waals surface area contributed by atoms with Crippen LogP contribution in [0.3, 0.4) is 0 Å². The number of para-hydroxylation sites is 1. The van der Waals surface area contributed by atoms with Crippen molar-refractivity contribution in [1.82, 2.24) is 5.32 Å². The number of rotatable bonds is 6. The number of sulfonamides is 1. The molecular weight excluding hydrogens is 367 g/mol. The molecule has 0 spiro atoms. The first-order valence-corrected chi connectivity index (χ1v) is 9.48. The fourth-order valence-electron chi connectivity index (χ4n) is 2.07. The van der Waals surface area contributed by atoms with Crippen molar-refractivity contribution in [1.29, 1.82) is 0 Å². The lowest BCUT2D eigenvalue weighted by atomic mass is 10.1. The van der Waals surface area contributed by atoms with Crippen LogP contribution in [0.2, 0.25) is 5.02 Å². The summed E-state index contributed by atoms with van der Waals surface area (Å²) in [6, 6.07) is 9.33. The third-order valence-electron chi connectivity index (χ3n) is 3.59. The molecule has 0 saturated heterocycles. The molecule has 0 aromatic heterocycles. The van der Waals surface area contributed by atoms with Crippen molar-refractivity contribution < 1.29 is 17.6 Å². The van der Waals surface area contributed by atoms with E-state index in [9.17, 15) is 17.6 Å². The van der Waals surface area contributed by atoms with Gasteiger partial charge in [0.25, 0.3) is 15.9 Å². The Hall–Kier alpha value is -2.12. The molecular formula is C17H18ClFN2O3S. The van der Waals surface area contributed by atoms with Gasteiger partial charge in [-0.1, -0.05) is 30.7 Å². The lowest BCUT2D eigenvalue weighted by Gasteiger charge is -2.15. The first kappa shape index (κ1) is 19.2. The highest BCUT2D eigenvalue weighted by Gasteiger charge is 2.22. The minimum atomic E-state index is -4.21. The first-order chi connectivity index (χ1) is 11.7. The second-order valence-electron chi connectivity index (χ2n) is 5.51. The topological polar surface area (TPSA) is 75.3 Å². The van der Waals surface area contributed by atoms with Gasteiger partial charge in [-0.05, 0) is 43.7 Å². The summed E-state index contributed by atoms with van der Waals surface area (Å²) in [5, 5.41) is 2.85.